The van der Waals surface area contributed by atoms with E-state index in [4.69, 9.17) is 10.2 Å². The Hall–Kier alpha value is -1.06. The monoisotopic (exact) mass is 172 g/mol. The summed E-state index contributed by atoms with van der Waals surface area (Å²) in [6, 6.07) is 0. The van der Waals surface area contributed by atoms with Crippen molar-refractivity contribution in [3.8, 4) is 0 Å². The Labute approximate surface area is 70.2 Å². The van der Waals surface area contributed by atoms with Gasteiger partial charge < -0.3 is 10.2 Å². The van der Waals surface area contributed by atoms with Crippen molar-refractivity contribution in [3.63, 3.8) is 0 Å². The number of carboxylic acid groups (broad SMARTS) is 2. The van der Waals surface area contributed by atoms with Gasteiger partial charge in [0, 0.05) is 0 Å². The Bertz CT molecular complexity index is 233. The SMILES string of the molecule is CC(C)C1(C(=O)O)CC1C(=O)O. The second-order valence-electron chi connectivity index (χ2n) is 3.60. The predicted molar refractivity (Wildman–Crippen MR) is 40.6 cm³/mol. The number of rotatable bonds is 3. The van der Waals surface area contributed by atoms with Crippen molar-refractivity contribution in [2.24, 2.45) is 17.3 Å². The topological polar surface area (TPSA) is 74.6 Å². The Morgan fingerprint density at radius 2 is 1.92 bits per heavy atom. The molecule has 0 aromatic carbocycles. The molecule has 0 bridgehead atoms. The lowest BCUT2D eigenvalue weighted by Crippen LogP contribution is -2.26. The number of carbonyl (C=O) groups is 2. The molecule has 0 amide bonds. The molecule has 0 spiro atoms. The first-order valence-electron chi connectivity index (χ1n) is 3.89. The molecule has 2 N–H and O–H groups in total. The van der Waals surface area contributed by atoms with Gasteiger partial charge in [0.1, 0.15) is 0 Å². The van der Waals surface area contributed by atoms with Crippen molar-refractivity contribution in [1.82, 2.24) is 0 Å². The van der Waals surface area contributed by atoms with Gasteiger partial charge in [-0.25, -0.2) is 0 Å². The van der Waals surface area contributed by atoms with E-state index in [1.807, 2.05) is 0 Å². The highest BCUT2D eigenvalue weighted by molar-refractivity contribution is 5.89. The lowest BCUT2D eigenvalue weighted by molar-refractivity contribution is -0.150. The molecule has 0 aromatic heterocycles. The molecule has 4 heteroatoms. The molecule has 4 nitrogen and oxygen atoms in total. The minimum Gasteiger partial charge on any atom is -0.481 e. The molecule has 2 unspecified atom stereocenters. The Morgan fingerprint density at radius 3 is 2.00 bits per heavy atom. The highest BCUT2D eigenvalue weighted by Gasteiger charge is 2.65. The van der Waals surface area contributed by atoms with Crippen molar-refractivity contribution in [2.45, 2.75) is 20.3 Å². The highest BCUT2D eigenvalue weighted by atomic mass is 16.4. The van der Waals surface area contributed by atoms with E-state index in [2.05, 4.69) is 0 Å². The minimum atomic E-state index is -0.994. The van der Waals surface area contributed by atoms with Crippen LogP contribution in [0.4, 0.5) is 0 Å². The van der Waals surface area contributed by atoms with E-state index in [1.54, 1.807) is 13.8 Å². The average Bonchev–Trinajstić information content (AvgIpc) is 2.60. The first kappa shape index (κ1) is 9.03. The maximum atomic E-state index is 10.8. The smallest absolute Gasteiger partial charge is 0.310 e. The van der Waals surface area contributed by atoms with Crippen LogP contribution in [0, 0.1) is 17.3 Å². The molecule has 2 atom stereocenters. The van der Waals surface area contributed by atoms with Crippen LogP contribution in [-0.2, 0) is 9.59 Å². The van der Waals surface area contributed by atoms with Gasteiger partial charge in [0.2, 0.25) is 0 Å². The van der Waals surface area contributed by atoms with E-state index < -0.39 is 23.3 Å². The first-order valence-corrected chi connectivity index (χ1v) is 3.89. The Kier molecular flexibility index (Phi) is 1.86. The van der Waals surface area contributed by atoms with Gasteiger partial charge in [-0.1, -0.05) is 13.8 Å². The zero-order chi connectivity index (χ0) is 9.52. The van der Waals surface area contributed by atoms with Crippen LogP contribution < -0.4 is 0 Å². The quantitative estimate of drug-likeness (QED) is 0.660. The lowest BCUT2D eigenvalue weighted by Gasteiger charge is -2.14. The van der Waals surface area contributed by atoms with Crippen LogP contribution in [0.1, 0.15) is 20.3 Å². The standard InChI is InChI=1S/C8H12O4/c1-4(2)8(7(11)12)3-5(8)6(9)10/h4-5H,3H2,1-2H3,(H,9,10)(H,11,12). The predicted octanol–water partition coefficient (Wildman–Crippen LogP) is 0.818. The van der Waals surface area contributed by atoms with Gasteiger partial charge in [0.05, 0.1) is 11.3 Å². The molecule has 0 aromatic rings. The Balaban J connectivity index is 2.83. The van der Waals surface area contributed by atoms with Crippen LogP contribution >= 0.6 is 0 Å². The van der Waals surface area contributed by atoms with Crippen LogP contribution in [-0.4, -0.2) is 22.2 Å². The zero-order valence-electron chi connectivity index (χ0n) is 7.07. The zero-order valence-corrected chi connectivity index (χ0v) is 7.07. The summed E-state index contributed by atoms with van der Waals surface area (Å²) >= 11 is 0. The van der Waals surface area contributed by atoms with Gasteiger partial charge in [-0.3, -0.25) is 9.59 Å². The summed E-state index contributed by atoms with van der Waals surface area (Å²) in [6.45, 7) is 3.49. The van der Waals surface area contributed by atoms with Crippen molar-refractivity contribution < 1.29 is 19.8 Å². The van der Waals surface area contributed by atoms with Crippen molar-refractivity contribution in [2.75, 3.05) is 0 Å². The first-order chi connectivity index (χ1) is 5.43. The molecule has 0 heterocycles. The van der Waals surface area contributed by atoms with Gasteiger partial charge in [-0.05, 0) is 12.3 Å². The van der Waals surface area contributed by atoms with Gasteiger partial charge in [0.15, 0.2) is 0 Å². The Morgan fingerprint density at radius 1 is 1.42 bits per heavy atom. The van der Waals surface area contributed by atoms with E-state index in [9.17, 15) is 9.59 Å². The van der Waals surface area contributed by atoms with E-state index in [-0.39, 0.29) is 12.3 Å². The van der Waals surface area contributed by atoms with E-state index in [0.717, 1.165) is 0 Å². The molecule has 1 rings (SSSR count). The number of hydrogen-bond acceptors (Lipinski definition) is 2. The molecule has 0 saturated heterocycles. The van der Waals surface area contributed by atoms with Gasteiger partial charge in [-0.2, -0.15) is 0 Å². The summed E-state index contributed by atoms with van der Waals surface area (Å²) in [5.74, 6) is -2.78. The van der Waals surface area contributed by atoms with Crippen molar-refractivity contribution >= 4 is 11.9 Å². The molecule has 1 saturated carbocycles. The molecule has 68 valence electrons. The molecule has 12 heavy (non-hydrogen) atoms. The third-order valence-electron chi connectivity index (χ3n) is 2.73. The maximum absolute atomic E-state index is 10.8. The molecule has 0 aliphatic heterocycles. The number of carboxylic acids is 2. The number of hydrogen-bond donors (Lipinski definition) is 2. The van der Waals surface area contributed by atoms with Crippen molar-refractivity contribution in [1.29, 1.82) is 0 Å². The second-order valence-corrected chi connectivity index (χ2v) is 3.60. The van der Waals surface area contributed by atoms with Crippen LogP contribution in [0.15, 0.2) is 0 Å². The summed E-state index contributed by atoms with van der Waals surface area (Å²) in [5.41, 5.74) is -0.994. The lowest BCUT2D eigenvalue weighted by atomic mass is 9.90. The average molecular weight is 172 g/mol. The third-order valence-corrected chi connectivity index (χ3v) is 2.73. The molecule has 1 aliphatic carbocycles. The van der Waals surface area contributed by atoms with Gasteiger partial charge in [0.25, 0.3) is 0 Å². The largest absolute Gasteiger partial charge is 0.481 e. The fourth-order valence-corrected chi connectivity index (χ4v) is 1.71. The van der Waals surface area contributed by atoms with E-state index in [1.165, 1.54) is 0 Å². The van der Waals surface area contributed by atoms with Crippen LogP contribution in [0.25, 0.3) is 0 Å². The van der Waals surface area contributed by atoms with Gasteiger partial charge >= 0.3 is 11.9 Å². The van der Waals surface area contributed by atoms with E-state index in [0.29, 0.717) is 0 Å². The normalized spacial score (nSPS) is 33.4. The maximum Gasteiger partial charge on any atom is 0.310 e. The second kappa shape index (κ2) is 2.47. The summed E-state index contributed by atoms with van der Waals surface area (Å²) in [7, 11) is 0. The summed E-state index contributed by atoms with van der Waals surface area (Å²) in [5, 5.41) is 17.5. The highest BCUT2D eigenvalue weighted by Crippen LogP contribution is 2.58. The minimum absolute atomic E-state index is 0.115. The molecular weight excluding hydrogens is 160 g/mol. The van der Waals surface area contributed by atoms with E-state index >= 15 is 0 Å². The third kappa shape index (κ3) is 0.983. The molecular formula is C8H12O4. The molecule has 0 radical (unpaired) electrons. The van der Waals surface area contributed by atoms with Crippen molar-refractivity contribution in [3.05, 3.63) is 0 Å². The van der Waals surface area contributed by atoms with Crippen LogP contribution in [0.5, 0.6) is 0 Å². The summed E-state index contributed by atoms with van der Waals surface area (Å²) < 4.78 is 0. The molecule has 1 fully saturated rings. The summed E-state index contributed by atoms with van der Waals surface area (Å²) in [4.78, 5) is 21.3. The number of aliphatic carboxylic acids is 2. The fourth-order valence-electron chi connectivity index (χ4n) is 1.71. The van der Waals surface area contributed by atoms with Gasteiger partial charge in [-0.15, -0.1) is 0 Å². The van der Waals surface area contributed by atoms with Crippen LogP contribution in [0.2, 0.25) is 0 Å². The fraction of sp³-hybridized carbons (Fsp3) is 0.750. The summed E-state index contributed by atoms with van der Waals surface area (Å²) in [6.07, 6.45) is 0.273. The van der Waals surface area contributed by atoms with Crippen LogP contribution in [0.3, 0.4) is 0 Å². The molecule has 1 aliphatic rings.